The van der Waals surface area contributed by atoms with E-state index in [2.05, 4.69) is 9.32 Å². The third-order valence-electron chi connectivity index (χ3n) is 2.03. The molecular weight excluding hydrogens is 316 g/mol. The van der Waals surface area contributed by atoms with Crippen molar-refractivity contribution in [1.82, 2.24) is 0 Å². The molecule has 0 aliphatic heterocycles. The highest BCUT2D eigenvalue weighted by Gasteiger charge is 2.12. The molecule has 0 saturated carbocycles. The summed E-state index contributed by atoms with van der Waals surface area (Å²) in [6.07, 6.45) is 0.688. The van der Waals surface area contributed by atoms with Crippen LogP contribution >= 0.6 is 0 Å². The van der Waals surface area contributed by atoms with Crippen molar-refractivity contribution in [2.45, 2.75) is 32.5 Å². The molecule has 0 saturated heterocycles. The van der Waals surface area contributed by atoms with Crippen LogP contribution in [0.1, 0.15) is 25.8 Å². The molecule has 0 aromatic heterocycles. The molecule has 10 heteroatoms. The third kappa shape index (κ3) is 12.2. The molecular formula is C12H20N2O7S. The fourth-order valence-corrected chi connectivity index (χ4v) is 1.69. The number of aliphatic hydroxyl groups is 2. The zero-order valence-corrected chi connectivity index (χ0v) is 13.1. The molecule has 1 aromatic carbocycles. The van der Waals surface area contributed by atoms with Crippen molar-refractivity contribution in [2.75, 3.05) is 6.61 Å². The van der Waals surface area contributed by atoms with Crippen LogP contribution in [0.15, 0.2) is 24.3 Å². The molecule has 1 aromatic rings. The summed E-state index contributed by atoms with van der Waals surface area (Å²) in [6, 6.07) is 6.27. The predicted octanol–water partition coefficient (Wildman–Crippen LogP) is 0.455. The lowest BCUT2D eigenvalue weighted by Gasteiger charge is -2.03. The molecule has 0 atom stereocenters. The van der Waals surface area contributed by atoms with Crippen molar-refractivity contribution < 1.29 is 27.7 Å². The Bertz CT molecular complexity index is 575. The van der Waals surface area contributed by atoms with Gasteiger partial charge in [0.1, 0.15) is 0 Å². The summed E-state index contributed by atoms with van der Waals surface area (Å²) in [5.74, 6) is -1.50. The maximum Gasteiger partial charge on any atom is 0.333 e. The summed E-state index contributed by atoms with van der Waals surface area (Å²) in [4.78, 5) is 10.2. The molecule has 0 aliphatic rings. The first-order valence-electron chi connectivity index (χ1n) is 6.24. The molecule has 0 radical (unpaired) electrons. The number of benzene rings is 1. The van der Waals surface area contributed by atoms with Crippen LogP contribution in [0.3, 0.4) is 0 Å². The number of nitro benzene ring substituents is 1. The average Bonchev–Trinajstić information content (AvgIpc) is 2.32. The summed E-state index contributed by atoms with van der Waals surface area (Å²) in [7, 11) is -3.94. The highest BCUT2D eigenvalue weighted by Crippen LogP contribution is 2.18. The van der Waals surface area contributed by atoms with E-state index in [1.807, 2.05) is 0 Å². The van der Waals surface area contributed by atoms with Crippen LogP contribution in [0.5, 0.6) is 0 Å². The van der Waals surface area contributed by atoms with Crippen molar-refractivity contribution in [2.24, 2.45) is 5.14 Å². The van der Waals surface area contributed by atoms with Gasteiger partial charge in [0.15, 0.2) is 5.79 Å². The minimum atomic E-state index is -3.94. The van der Waals surface area contributed by atoms with E-state index in [9.17, 15) is 18.5 Å². The molecule has 4 N–H and O–H groups in total. The van der Waals surface area contributed by atoms with Gasteiger partial charge in [-0.1, -0.05) is 18.2 Å². The topological polar surface area (TPSA) is 153 Å². The van der Waals surface area contributed by atoms with E-state index in [1.165, 1.54) is 19.9 Å². The van der Waals surface area contributed by atoms with Crippen LogP contribution in [0.2, 0.25) is 0 Å². The van der Waals surface area contributed by atoms with Gasteiger partial charge in [0.05, 0.1) is 11.5 Å². The number of nitro groups is 1. The smallest absolute Gasteiger partial charge is 0.333 e. The van der Waals surface area contributed by atoms with E-state index in [0.717, 1.165) is 0 Å². The monoisotopic (exact) mass is 336 g/mol. The standard InChI is InChI=1S/C9H12N2O5S.C3H8O2/c10-17(14,15)16-7-3-5-8-4-1-2-6-9(8)11(12)13;1-3(2,4)5/h1-2,4,6H,3,5,7H2,(H2,10,14,15);4-5H,1-2H3. The van der Waals surface area contributed by atoms with Crippen LogP contribution in [-0.2, 0) is 20.9 Å². The van der Waals surface area contributed by atoms with Crippen LogP contribution in [0.25, 0.3) is 0 Å². The van der Waals surface area contributed by atoms with E-state index < -0.39 is 21.0 Å². The zero-order chi connectivity index (χ0) is 17.4. The molecule has 1 rings (SSSR count). The van der Waals surface area contributed by atoms with Gasteiger partial charge in [-0.15, -0.1) is 0 Å². The van der Waals surface area contributed by atoms with Crippen molar-refractivity contribution >= 4 is 16.0 Å². The molecule has 0 fully saturated rings. The SMILES string of the molecule is CC(C)(O)O.NS(=O)(=O)OCCCc1ccccc1[N+](=O)[O-]. The number of rotatable bonds is 6. The Hall–Kier alpha value is -1.59. The van der Waals surface area contributed by atoms with Crippen molar-refractivity contribution in [3.8, 4) is 0 Å². The number of hydrogen-bond acceptors (Lipinski definition) is 7. The van der Waals surface area contributed by atoms with Crippen LogP contribution in [0.4, 0.5) is 5.69 Å². The maximum atomic E-state index is 10.7. The first-order chi connectivity index (χ1) is 9.90. The van der Waals surface area contributed by atoms with Gasteiger partial charge >= 0.3 is 10.3 Å². The van der Waals surface area contributed by atoms with Gasteiger partial charge in [0.2, 0.25) is 0 Å². The molecule has 0 heterocycles. The Morgan fingerprint density at radius 2 is 1.82 bits per heavy atom. The van der Waals surface area contributed by atoms with Crippen molar-refractivity contribution in [3.63, 3.8) is 0 Å². The fraction of sp³-hybridized carbons (Fsp3) is 0.500. The van der Waals surface area contributed by atoms with Gasteiger partial charge in [-0.2, -0.15) is 8.42 Å². The Balaban J connectivity index is 0.000000763. The predicted molar refractivity (Wildman–Crippen MR) is 79.0 cm³/mol. The maximum absolute atomic E-state index is 10.7. The molecule has 0 spiro atoms. The number of nitrogens with two attached hydrogens (primary N) is 1. The molecule has 126 valence electrons. The lowest BCUT2D eigenvalue weighted by Crippen LogP contribution is -2.16. The average molecular weight is 336 g/mol. The second-order valence-corrected chi connectivity index (χ2v) is 6.02. The third-order valence-corrected chi connectivity index (χ3v) is 2.52. The number of hydrogen-bond donors (Lipinski definition) is 3. The Morgan fingerprint density at radius 1 is 1.32 bits per heavy atom. The summed E-state index contributed by atoms with van der Waals surface area (Å²) >= 11 is 0. The first-order valence-corrected chi connectivity index (χ1v) is 7.71. The number of para-hydroxylation sites is 1. The van der Waals surface area contributed by atoms with E-state index in [-0.39, 0.29) is 12.3 Å². The molecule has 22 heavy (non-hydrogen) atoms. The van der Waals surface area contributed by atoms with Crippen molar-refractivity contribution in [3.05, 3.63) is 39.9 Å². The second-order valence-electron chi connectivity index (χ2n) is 4.80. The largest absolute Gasteiger partial charge is 0.366 e. The zero-order valence-electron chi connectivity index (χ0n) is 12.3. The first kappa shape index (κ1) is 20.4. The Labute approximate surface area is 128 Å². The Kier molecular flexibility index (Phi) is 8.12. The van der Waals surface area contributed by atoms with E-state index in [1.54, 1.807) is 18.2 Å². The van der Waals surface area contributed by atoms with Crippen molar-refractivity contribution in [1.29, 1.82) is 0 Å². The lowest BCUT2D eigenvalue weighted by atomic mass is 10.1. The molecule has 0 amide bonds. The highest BCUT2D eigenvalue weighted by molar-refractivity contribution is 7.84. The van der Waals surface area contributed by atoms with Gasteiger partial charge in [-0.3, -0.25) is 14.3 Å². The minimum absolute atomic E-state index is 0.0168. The van der Waals surface area contributed by atoms with Crippen LogP contribution in [-0.4, -0.2) is 35.9 Å². The highest BCUT2D eigenvalue weighted by atomic mass is 32.2. The van der Waals surface area contributed by atoms with E-state index in [4.69, 9.17) is 10.2 Å². The van der Waals surface area contributed by atoms with Gasteiger partial charge in [0.25, 0.3) is 5.69 Å². The van der Waals surface area contributed by atoms with Gasteiger partial charge in [-0.25, -0.2) is 5.14 Å². The lowest BCUT2D eigenvalue weighted by molar-refractivity contribution is -0.385. The van der Waals surface area contributed by atoms with Gasteiger partial charge in [0, 0.05) is 11.6 Å². The van der Waals surface area contributed by atoms with E-state index >= 15 is 0 Å². The normalized spacial score (nSPS) is 11.5. The molecule has 0 unspecified atom stereocenters. The van der Waals surface area contributed by atoms with Crippen LogP contribution in [0, 0.1) is 10.1 Å². The molecule has 9 nitrogen and oxygen atoms in total. The second kappa shape index (κ2) is 8.76. The summed E-state index contributed by atoms with van der Waals surface area (Å²) in [5, 5.41) is 31.5. The number of aryl methyl sites for hydroxylation is 1. The number of nitrogens with zero attached hydrogens (tertiary/aromatic N) is 1. The molecule has 0 bridgehead atoms. The van der Waals surface area contributed by atoms with E-state index in [0.29, 0.717) is 18.4 Å². The molecule has 0 aliphatic carbocycles. The summed E-state index contributed by atoms with van der Waals surface area (Å²) in [5.41, 5.74) is 0.554. The Morgan fingerprint density at radius 3 is 2.27 bits per heavy atom. The summed E-state index contributed by atoms with van der Waals surface area (Å²) < 4.78 is 25.3. The van der Waals surface area contributed by atoms with Gasteiger partial charge < -0.3 is 10.2 Å². The van der Waals surface area contributed by atoms with Crippen LogP contribution < -0.4 is 5.14 Å². The van der Waals surface area contributed by atoms with Gasteiger partial charge in [-0.05, 0) is 26.7 Å². The minimum Gasteiger partial charge on any atom is -0.366 e. The fourth-order valence-electron chi connectivity index (χ4n) is 1.34. The summed E-state index contributed by atoms with van der Waals surface area (Å²) in [6.45, 7) is 2.50. The quantitative estimate of drug-likeness (QED) is 0.295.